The van der Waals surface area contributed by atoms with Gasteiger partial charge >= 0.3 is 12.0 Å². The molecule has 1 heterocycles. The molecule has 0 aliphatic heterocycles. The molecule has 0 radical (unpaired) electrons. The van der Waals surface area contributed by atoms with Crippen LogP contribution in [0.3, 0.4) is 0 Å². The number of carbonyl (C=O) groups excluding carboxylic acids is 1. The monoisotopic (exact) mass is 294 g/mol. The molecule has 0 spiro atoms. The molecule has 0 bridgehead atoms. The highest BCUT2D eigenvalue weighted by molar-refractivity contribution is 5.84. The van der Waals surface area contributed by atoms with E-state index in [9.17, 15) is 9.59 Å². The molecule has 21 heavy (non-hydrogen) atoms. The van der Waals surface area contributed by atoms with Crippen molar-refractivity contribution in [3.63, 3.8) is 0 Å². The number of hydrogen-bond acceptors (Lipinski definition) is 3. The molecule has 0 aromatic carbocycles. The van der Waals surface area contributed by atoms with E-state index in [4.69, 9.17) is 5.11 Å². The van der Waals surface area contributed by atoms with E-state index in [-0.39, 0.29) is 23.2 Å². The predicted molar refractivity (Wildman–Crippen MR) is 77.1 cm³/mol. The molecule has 7 nitrogen and oxygen atoms in total. The molecule has 0 saturated heterocycles. The fourth-order valence-electron chi connectivity index (χ4n) is 2.69. The quantitative estimate of drug-likeness (QED) is 0.766. The number of carboxylic acids is 1. The third kappa shape index (κ3) is 3.96. The van der Waals surface area contributed by atoms with E-state index in [0.717, 1.165) is 19.3 Å². The fourth-order valence-corrected chi connectivity index (χ4v) is 2.69. The lowest BCUT2D eigenvalue weighted by molar-refractivity contribution is 0.0691. The Morgan fingerprint density at radius 3 is 2.86 bits per heavy atom. The summed E-state index contributed by atoms with van der Waals surface area (Å²) in [4.78, 5) is 26.3. The Morgan fingerprint density at radius 1 is 1.52 bits per heavy atom. The zero-order valence-electron chi connectivity index (χ0n) is 12.4. The molecule has 2 rings (SSSR count). The van der Waals surface area contributed by atoms with Gasteiger partial charge in [-0.2, -0.15) is 0 Å². The maximum Gasteiger partial charge on any atom is 0.356 e. The zero-order chi connectivity index (χ0) is 15.5. The Kier molecular flexibility index (Phi) is 4.50. The molecule has 116 valence electrons. The summed E-state index contributed by atoms with van der Waals surface area (Å²) in [6, 6.07) is 0.0397. The zero-order valence-corrected chi connectivity index (χ0v) is 12.4. The van der Waals surface area contributed by atoms with Crippen molar-refractivity contribution in [2.24, 2.45) is 5.41 Å². The van der Waals surface area contributed by atoms with E-state index in [1.54, 1.807) is 4.57 Å². The highest BCUT2D eigenvalue weighted by Crippen LogP contribution is 2.36. The van der Waals surface area contributed by atoms with Gasteiger partial charge in [-0.3, -0.25) is 0 Å². The van der Waals surface area contributed by atoms with Crippen molar-refractivity contribution < 1.29 is 14.7 Å². The van der Waals surface area contributed by atoms with Crippen LogP contribution in [0.15, 0.2) is 12.5 Å². The molecular weight excluding hydrogens is 272 g/mol. The van der Waals surface area contributed by atoms with Crippen LogP contribution >= 0.6 is 0 Å². The highest BCUT2D eigenvalue weighted by Gasteiger charge is 2.35. The summed E-state index contributed by atoms with van der Waals surface area (Å²) in [6.07, 6.45) is 6.19. The van der Waals surface area contributed by atoms with Crippen molar-refractivity contribution in [2.75, 3.05) is 6.54 Å². The SMILES string of the molecule is CC1(C)CCCC1NC(=O)NCCn1cnc(C(=O)O)c1. The van der Waals surface area contributed by atoms with Crippen LogP contribution in [0.25, 0.3) is 0 Å². The number of amides is 2. The second kappa shape index (κ2) is 6.15. The molecule has 3 N–H and O–H groups in total. The number of hydrogen-bond donors (Lipinski definition) is 3. The van der Waals surface area contributed by atoms with Crippen LogP contribution in [0.5, 0.6) is 0 Å². The highest BCUT2D eigenvalue weighted by atomic mass is 16.4. The first kappa shape index (κ1) is 15.3. The minimum Gasteiger partial charge on any atom is -0.476 e. The van der Waals surface area contributed by atoms with Crippen molar-refractivity contribution in [3.05, 3.63) is 18.2 Å². The second-order valence-corrected chi connectivity index (χ2v) is 6.14. The van der Waals surface area contributed by atoms with Crippen LogP contribution in [0.1, 0.15) is 43.6 Å². The molecule has 1 aliphatic rings. The van der Waals surface area contributed by atoms with Gasteiger partial charge in [0.15, 0.2) is 5.69 Å². The lowest BCUT2D eigenvalue weighted by atomic mass is 9.87. The maximum absolute atomic E-state index is 11.8. The Morgan fingerprint density at radius 2 is 2.29 bits per heavy atom. The van der Waals surface area contributed by atoms with Crippen LogP contribution in [0.2, 0.25) is 0 Å². The number of imidazole rings is 1. The number of carboxylic acid groups (broad SMARTS) is 1. The summed E-state index contributed by atoms with van der Waals surface area (Å²) >= 11 is 0. The van der Waals surface area contributed by atoms with Gasteiger partial charge in [-0.05, 0) is 18.3 Å². The summed E-state index contributed by atoms with van der Waals surface area (Å²) in [5.74, 6) is -1.05. The van der Waals surface area contributed by atoms with E-state index >= 15 is 0 Å². The lowest BCUT2D eigenvalue weighted by Crippen LogP contribution is -2.47. The number of aromatic nitrogens is 2. The van der Waals surface area contributed by atoms with Gasteiger partial charge in [-0.15, -0.1) is 0 Å². The molecule has 1 aromatic heterocycles. The van der Waals surface area contributed by atoms with Gasteiger partial charge in [0.2, 0.25) is 0 Å². The van der Waals surface area contributed by atoms with Gasteiger partial charge in [0.05, 0.1) is 6.33 Å². The molecule has 1 fully saturated rings. The van der Waals surface area contributed by atoms with Gasteiger partial charge < -0.3 is 20.3 Å². The minimum absolute atomic E-state index is 0.00663. The largest absolute Gasteiger partial charge is 0.476 e. The number of nitrogens with zero attached hydrogens (tertiary/aromatic N) is 2. The normalized spacial score (nSPS) is 20.2. The second-order valence-electron chi connectivity index (χ2n) is 6.14. The van der Waals surface area contributed by atoms with Gasteiger partial charge in [-0.1, -0.05) is 20.3 Å². The van der Waals surface area contributed by atoms with Crippen molar-refractivity contribution >= 4 is 12.0 Å². The molecule has 1 aliphatic carbocycles. The average Bonchev–Trinajstić information content (AvgIpc) is 2.97. The van der Waals surface area contributed by atoms with Crippen LogP contribution in [0.4, 0.5) is 4.79 Å². The Labute approximate surface area is 123 Å². The molecule has 7 heteroatoms. The molecule has 1 atom stereocenters. The van der Waals surface area contributed by atoms with E-state index in [2.05, 4.69) is 29.5 Å². The molecule has 1 saturated carbocycles. The molecule has 2 amide bonds. The van der Waals surface area contributed by atoms with Gasteiger partial charge in [0.1, 0.15) is 0 Å². The van der Waals surface area contributed by atoms with Crippen molar-refractivity contribution in [2.45, 2.75) is 45.7 Å². The molecule has 1 unspecified atom stereocenters. The van der Waals surface area contributed by atoms with Gasteiger partial charge in [0, 0.05) is 25.3 Å². The van der Waals surface area contributed by atoms with Crippen LogP contribution in [0, 0.1) is 5.41 Å². The number of rotatable bonds is 5. The average molecular weight is 294 g/mol. The van der Waals surface area contributed by atoms with Gasteiger partial charge in [-0.25, -0.2) is 14.6 Å². The number of nitrogens with one attached hydrogen (secondary N) is 2. The van der Waals surface area contributed by atoms with Crippen LogP contribution in [-0.4, -0.2) is 39.2 Å². The van der Waals surface area contributed by atoms with E-state index in [1.165, 1.54) is 12.5 Å². The smallest absolute Gasteiger partial charge is 0.356 e. The third-order valence-corrected chi connectivity index (χ3v) is 4.07. The van der Waals surface area contributed by atoms with Crippen LogP contribution < -0.4 is 10.6 Å². The third-order valence-electron chi connectivity index (χ3n) is 4.07. The topological polar surface area (TPSA) is 96.3 Å². The Hall–Kier alpha value is -2.05. The minimum atomic E-state index is -1.05. The van der Waals surface area contributed by atoms with E-state index < -0.39 is 5.97 Å². The maximum atomic E-state index is 11.8. The fraction of sp³-hybridized carbons (Fsp3) is 0.643. The van der Waals surface area contributed by atoms with Crippen molar-refractivity contribution in [3.8, 4) is 0 Å². The predicted octanol–water partition coefficient (Wildman–Crippen LogP) is 1.46. The van der Waals surface area contributed by atoms with Crippen molar-refractivity contribution in [1.29, 1.82) is 0 Å². The van der Waals surface area contributed by atoms with Gasteiger partial charge in [0.25, 0.3) is 0 Å². The van der Waals surface area contributed by atoms with E-state index in [1.807, 2.05) is 0 Å². The summed E-state index contributed by atoms with van der Waals surface area (Å²) in [6.45, 7) is 5.25. The summed E-state index contributed by atoms with van der Waals surface area (Å²) in [5.41, 5.74) is 0.157. The molecule has 1 aromatic rings. The Bertz CT molecular complexity index is 524. The van der Waals surface area contributed by atoms with E-state index in [0.29, 0.717) is 13.1 Å². The number of aromatic carboxylic acids is 1. The first-order valence-corrected chi connectivity index (χ1v) is 7.18. The first-order valence-electron chi connectivity index (χ1n) is 7.18. The summed E-state index contributed by atoms with van der Waals surface area (Å²) < 4.78 is 1.64. The summed E-state index contributed by atoms with van der Waals surface area (Å²) in [5, 5.41) is 14.6. The number of urea groups is 1. The molecular formula is C14H22N4O3. The standard InChI is InChI=1S/C14H22N4O3/c1-14(2)5-3-4-11(14)17-13(21)15-6-7-18-8-10(12(19)20)16-9-18/h8-9,11H,3-7H2,1-2H3,(H,19,20)(H2,15,17,21). The number of carbonyl (C=O) groups is 2. The lowest BCUT2D eigenvalue weighted by Gasteiger charge is -2.27. The van der Waals surface area contributed by atoms with Crippen molar-refractivity contribution in [1.82, 2.24) is 20.2 Å². The first-order chi connectivity index (χ1) is 9.88. The van der Waals surface area contributed by atoms with Crippen LogP contribution in [-0.2, 0) is 6.54 Å². The Balaban J connectivity index is 1.73. The summed E-state index contributed by atoms with van der Waals surface area (Å²) in [7, 11) is 0.